The number of aliphatic hydroxyl groups is 1. The summed E-state index contributed by atoms with van der Waals surface area (Å²) in [6, 6.07) is 8.61. The number of halogens is 1. The van der Waals surface area contributed by atoms with E-state index in [1.165, 1.54) is 0 Å². The molecule has 0 radical (unpaired) electrons. The van der Waals surface area contributed by atoms with Crippen molar-refractivity contribution in [2.45, 2.75) is 6.10 Å². The molecule has 4 heteroatoms. The highest BCUT2D eigenvalue weighted by molar-refractivity contribution is 6.30. The van der Waals surface area contributed by atoms with Gasteiger partial charge >= 0.3 is 0 Å². The molecule has 1 unspecified atom stereocenters. The van der Waals surface area contributed by atoms with Gasteiger partial charge in [-0.25, -0.2) is 0 Å². The summed E-state index contributed by atoms with van der Waals surface area (Å²) in [4.78, 5) is 3.95. The predicted molar refractivity (Wildman–Crippen MR) is 64.2 cm³/mol. The molecule has 0 saturated heterocycles. The van der Waals surface area contributed by atoms with E-state index < -0.39 is 6.10 Å². The molecule has 3 N–H and O–H groups in total. The number of aromatic nitrogens is 1. The Bertz CT molecular complexity index is 488. The van der Waals surface area contributed by atoms with Crippen LogP contribution < -0.4 is 5.73 Å². The van der Waals surface area contributed by atoms with Crippen molar-refractivity contribution in [3.05, 3.63) is 58.9 Å². The van der Waals surface area contributed by atoms with Crippen LogP contribution >= 0.6 is 11.6 Å². The molecule has 1 atom stereocenters. The van der Waals surface area contributed by atoms with Gasteiger partial charge in [0, 0.05) is 34.2 Å². The number of aliphatic hydroxyl groups excluding tert-OH is 1. The first-order valence-corrected chi connectivity index (χ1v) is 5.19. The van der Waals surface area contributed by atoms with Gasteiger partial charge in [0.2, 0.25) is 0 Å². The second-order valence-electron chi connectivity index (χ2n) is 3.46. The average Bonchev–Trinajstić information content (AvgIpc) is 2.29. The molecule has 0 amide bonds. The number of nitrogens with two attached hydrogens (primary N) is 1. The van der Waals surface area contributed by atoms with Crippen molar-refractivity contribution >= 4 is 17.3 Å². The van der Waals surface area contributed by atoms with Crippen molar-refractivity contribution in [1.29, 1.82) is 0 Å². The van der Waals surface area contributed by atoms with Gasteiger partial charge in [-0.05, 0) is 18.2 Å². The SMILES string of the molecule is Nc1cc(Cl)ccc1C(O)c1cccnc1. The number of anilines is 1. The Kier molecular flexibility index (Phi) is 3.08. The highest BCUT2D eigenvalue weighted by Crippen LogP contribution is 2.28. The molecule has 0 aliphatic heterocycles. The first-order chi connectivity index (χ1) is 7.68. The maximum Gasteiger partial charge on any atom is 0.108 e. The Morgan fingerprint density at radius 3 is 2.75 bits per heavy atom. The van der Waals surface area contributed by atoms with Crippen molar-refractivity contribution in [2.75, 3.05) is 5.73 Å². The van der Waals surface area contributed by atoms with Crippen LogP contribution in [0.5, 0.6) is 0 Å². The lowest BCUT2D eigenvalue weighted by Gasteiger charge is -2.13. The number of nitrogens with zero attached hydrogens (tertiary/aromatic N) is 1. The fourth-order valence-electron chi connectivity index (χ4n) is 1.51. The van der Waals surface area contributed by atoms with Crippen LogP contribution in [0, 0.1) is 0 Å². The van der Waals surface area contributed by atoms with Crippen molar-refractivity contribution in [1.82, 2.24) is 4.98 Å². The molecular formula is C12H11ClN2O. The standard InChI is InChI=1S/C12H11ClN2O/c13-9-3-4-10(11(14)6-9)12(16)8-2-1-5-15-7-8/h1-7,12,16H,14H2. The molecule has 1 aromatic heterocycles. The monoisotopic (exact) mass is 234 g/mol. The first kappa shape index (κ1) is 10.9. The number of pyridine rings is 1. The number of nitrogen functional groups attached to an aromatic ring is 1. The summed E-state index contributed by atoms with van der Waals surface area (Å²) in [5.74, 6) is 0. The molecule has 2 rings (SSSR count). The molecule has 16 heavy (non-hydrogen) atoms. The van der Waals surface area contributed by atoms with E-state index in [2.05, 4.69) is 4.98 Å². The number of benzene rings is 1. The molecule has 0 bridgehead atoms. The molecule has 1 heterocycles. The van der Waals surface area contributed by atoms with Gasteiger partial charge in [0.15, 0.2) is 0 Å². The topological polar surface area (TPSA) is 59.1 Å². The number of hydrogen-bond donors (Lipinski definition) is 2. The van der Waals surface area contributed by atoms with Gasteiger partial charge in [0.05, 0.1) is 0 Å². The predicted octanol–water partition coefficient (Wildman–Crippen LogP) is 2.40. The first-order valence-electron chi connectivity index (χ1n) is 4.81. The van der Waals surface area contributed by atoms with Crippen LogP contribution in [0.2, 0.25) is 5.02 Å². The molecule has 2 aromatic rings. The van der Waals surface area contributed by atoms with E-state index in [-0.39, 0.29) is 0 Å². The summed E-state index contributed by atoms with van der Waals surface area (Å²) >= 11 is 5.79. The van der Waals surface area contributed by atoms with E-state index in [0.717, 1.165) is 0 Å². The van der Waals surface area contributed by atoms with Gasteiger partial charge in [0.1, 0.15) is 6.10 Å². The lowest BCUT2D eigenvalue weighted by atomic mass is 10.0. The minimum absolute atomic E-state index is 0.476. The molecule has 0 spiro atoms. The molecule has 1 aromatic carbocycles. The smallest absolute Gasteiger partial charge is 0.108 e. The normalized spacial score (nSPS) is 12.4. The number of rotatable bonds is 2. The largest absolute Gasteiger partial charge is 0.398 e. The fraction of sp³-hybridized carbons (Fsp3) is 0.0833. The molecular weight excluding hydrogens is 224 g/mol. The van der Waals surface area contributed by atoms with Crippen LogP contribution in [0.25, 0.3) is 0 Å². The quantitative estimate of drug-likeness (QED) is 0.785. The summed E-state index contributed by atoms with van der Waals surface area (Å²) in [5, 5.41) is 10.7. The maximum atomic E-state index is 10.1. The highest BCUT2D eigenvalue weighted by Gasteiger charge is 2.13. The van der Waals surface area contributed by atoms with E-state index in [1.807, 2.05) is 0 Å². The van der Waals surface area contributed by atoms with Crippen molar-refractivity contribution in [3.63, 3.8) is 0 Å². The van der Waals surface area contributed by atoms with Gasteiger partial charge in [-0.1, -0.05) is 23.7 Å². The lowest BCUT2D eigenvalue weighted by molar-refractivity contribution is 0.220. The fourth-order valence-corrected chi connectivity index (χ4v) is 1.69. The Hall–Kier alpha value is -1.58. The van der Waals surface area contributed by atoms with Crippen LogP contribution in [0.1, 0.15) is 17.2 Å². The van der Waals surface area contributed by atoms with Crippen LogP contribution in [0.4, 0.5) is 5.69 Å². The van der Waals surface area contributed by atoms with Gasteiger partial charge in [-0.15, -0.1) is 0 Å². The molecule has 0 aliphatic carbocycles. The third-order valence-corrected chi connectivity index (χ3v) is 2.58. The molecule has 82 valence electrons. The van der Waals surface area contributed by atoms with Gasteiger partial charge in [-0.2, -0.15) is 0 Å². The van der Waals surface area contributed by atoms with E-state index in [4.69, 9.17) is 17.3 Å². The Morgan fingerprint density at radius 2 is 2.12 bits per heavy atom. The number of hydrogen-bond acceptors (Lipinski definition) is 3. The van der Waals surface area contributed by atoms with E-state index in [9.17, 15) is 5.11 Å². The Labute approximate surface area is 98.5 Å². The second-order valence-corrected chi connectivity index (χ2v) is 3.90. The summed E-state index contributed by atoms with van der Waals surface area (Å²) in [7, 11) is 0. The zero-order valence-electron chi connectivity index (χ0n) is 8.47. The third kappa shape index (κ3) is 2.15. The van der Waals surface area contributed by atoms with E-state index in [1.54, 1.807) is 42.7 Å². The zero-order chi connectivity index (χ0) is 11.5. The van der Waals surface area contributed by atoms with E-state index in [0.29, 0.717) is 21.8 Å². The second kappa shape index (κ2) is 4.51. The van der Waals surface area contributed by atoms with E-state index >= 15 is 0 Å². The highest BCUT2D eigenvalue weighted by atomic mass is 35.5. The van der Waals surface area contributed by atoms with Crippen LogP contribution in [-0.4, -0.2) is 10.1 Å². The summed E-state index contributed by atoms with van der Waals surface area (Å²) in [6.07, 6.45) is 2.49. The minimum Gasteiger partial charge on any atom is -0.398 e. The van der Waals surface area contributed by atoms with Gasteiger partial charge < -0.3 is 10.8 Å². The molecule has 0 aliphatic rings. The summed E-state index contributed by atoms with van der Waals surface area (Å²) in [6.45, 7) is 0. The van der Waals surface area contributed by atoms with Crippen molar-refractivity contribution in [3.8, 4) is 0 Å². The van der Waals surface area contributed by atoms with Crippen molar-refractivity contribution in [2.24, 2.45) is 0 Å². The van der Waals surface area contributed by atoms with Crippen molar-refractivity contribution < 1.29 is 5.11 Å². The summed E-state index contributed by atoms with van der Waals surface area (Å²) in [5.41, 5.74) is 7.61. The summed E-state index contributed by atoms with van der Waals surface area (Å²) < 4.78 is 0. The molecule has 3 nitrogen and oxygen atoms in total. The minimum atomic E-state index is -0.772. The molecule has 0 saturated carbocycles. The maximum absolute atomic E-state index is 10.1. The van der Waals surface area contributed by atoms with Crippen LogP contribution in [0.3, 0.4) is 0 Å². The molecule has 0 fully saturated rings. The van der Waals surface area contributed by atoms with Crippen LogP contribution in [-0.2, 0) is 0 Å². The third-order valence-electron chi connectivity index (χ3n) is 2.34. The van der Waals surface area contributed by atoms with Gasteiger partial charge in [0.25, 0.3) is 0 Å². The van der Waals surface area contributed by atoms with Gasteiger partial charge in [-0.3, -0.25) is 4.98 Å². The average molecular weight is 235 g/mol. The Balaban J connectivity index is 2.38. The lowest BCUT2D eigenvalue weighted by Crippen LogP contribution is -2.03. The zero-order valence-corrected chi connectivity index (χ0v) is 9.22. The van der Waals surface area contributed by atoms with Crippen LogP contribution in [0.15, 0.2) is 42.7 Å². The Morgan fingerprint density at radius 1 is 1.31 bits per heavy atom.